The number of anilines is 1. The van der Waals surface area contributed by atoms with Crippen molar-refractivity contribution in [2.24, 2.45) is 0 Å². The summed E-state index contributed by atoms with van der Waals surface area (Å²) in [7, 11) is 0. The predicted octanol–water partition coefficient (Wildman–Crippen LogP) is 5.63. The van der Waals surface area contributed by atoms with E-state index < -0.39 is 0 Å². The zero-order chi connectivity index (χ0) is 23.7. The third-order valence-electron chi connectivity index (χ3n) is 5.65. The average molecular weight is 441 g/mol. The molecule has 1 aromatic heterocycles. The molecule has 176 valence electrons. The maximum absolute atomic E-state index is 12.9. The van der Waals surface area contributed by atoms with Gasteiger partial charge >= 0.3 is 0 Å². The number of rotatable bonds is 11. The molecule has 32 heavy (non-hydrogen) atoms. The molecule has 0 radical (unpaired) electrons. The van der Waals surface area contributed by atoms with Crippen LogP contribution in [0.15, 0.2) is 30.3 Å². The van der Waals surface area contributed by atoms with Crippen molar-refractivity contribution in [1.82, 2.24) is 14.7 Å². The largest absolute Gasteiger partial charge is 0.334 e. The highest BCUT2D eigenvalue weighted by atomic mass is 16.2. The minimum Gasteiger partial charge on any atom is -0.334 e. The number of benzene rings is 1. The van der Waals surface area contributed by atoms with Crippen molar-refractivity contribution in [2.45, 2.75) is 85.5 Å². The van der Waals surface area contributed by atoms with Crippen LogP contribution in [-0.4, -0.2) is 39.6 Å². The van der Waals surface area contributed by atoms with Crippen molar-refractivity contribution < 1.29 is 9.59 Å². The van der Waals surface area contributed by atoms with Crippen molar-refractivity contribution in [2.75, 3.05) is 18.4 Å². The van der Waals surface area contributed by atoms with E-state index in [1.165, 1.54) is 12.8 Å². The van der Waals surface area contributed by atoms with Crippen LogP contribution in [-0.2, 0) is 15.0 Å². The Labute approximate surface area is 193 Å². The molecule has 0 saturated heterocycles. The summed E-state index contributed by atoms with van der Waals surface area (Å²) in [5.74, 6) is 0.459. The number of aromatic nitrogens is 2. The molecule has 0 aliphatic heterocycles. The third-order valence-corrected chi connectivity index (χ3v) is 5.65. The van der Waals surface area contributed by atoms with Crippen molar-refractivity contribution >= 4 is 17.6 Å². The lowest BCUT2D eigenvalue weighted by Crippen LogP contribution is -2.38. The van der Waals surface area contributed by atoms with E-state index in [0.717, 1.165) is 36.2 Å². The molecule has 1 heterocycles. The lowest BCUT2D eigenvalue weighted by molar-refractivity contribution is -0.134. The van der Waals surface area contributed by atoms with Gasteiger partial charge < -0.3 is 10.2 Å². The number of hydrogen-bond acceptors (Lipinski definition) is 3. The number of nitrogens with one attached hydrogen (secondary N) is 1. The second kappa shape index (κ2) is 11.8. The Morgan fingerprint density at radius 3 is 2.38 bits per heavy atom. The molecule has 2 amide bonds. The van der Waals surface area contributed by atoms with Gasteiger partial charge in [-0.15, -0.1) is 0 Å². The number of carbonyl (C=O) groups is 2. The summed E-state index contributed by atoms with van der Waals surface area (Å²) >= 11 is 0. The van der Waals surface area contributed by atoms with Gasteiger partial charge in [0, 0.05) is 24.4 Å². The van der Waals surface area contributed by atoms with Crippen LogP contribution >= 0.6 is 0 Å². The molecule has 0 aliphatic rings. The van der Waals surface area contributed by atoms with Crippen LogP contribution in [0.5, 0.6) is 0 Å². The topological polar surface area (TPSA) is 67.2 Å². The van der Waals surface area contributed by atoms with Gasteiger partial charge in [0.1, 0.15) is 5.82 Å². The first-order valence-electron chi connectivity index (χ1n) is 11.9. The second-order valence-corrected chi connectivity index (χ2v) is 9.48. The van der Waals surface area contributed by atoms with Gasteiger partial charge in [0.15, 0.2) is 0 Å². The van der Waals surface area contributed by atoms with Gasteiger partial charge in [-0.05, 0) is 31.9 Å². The number of aryl methyl sites for hydroxylation is 1. The maximum Gasteiger partial charge on any atom is 0.245 e. The van der Waals surface area contributed by atoms with E-state index in [4.69, 9.17) is 5.10 Å². The lowest BCUT2D eigenvalue weighted by atomic mass is 9.92. The first kappa shape index (κ1) is 25.6. The fraction of sp³-hybridized carbons (Fsp3) is 0.577. The Kier molecular flexibility index (Phi) is 9.48. The van der Waals surface area contributed by atoms with Crippen LogP contribution < -0.4 is 5.32 Å². The lowest BCUT2D eigenvalue weighted by Gasteiger charge is -2.20. The maximum atomic E-state index is 12.9. The Morgan fingerprint density at radius 2 is 1.75 bits per heavy atom. The zero-order valence-corrected chi connectivity index (χ0v) is 20.7. The van der Waals surface area contributed by atoms with Crippen molar-refractivity contribution in [1.29, 1.82) is 0 Å². The molecule has 0 unspecified atom stereocenters. The SMILES string of the molecule is CCCCCCCC(=O)N(CC)CC(=O)Nc1cc(C(C)(C)C)nn1-c1ccccc1C. The Morgan fingerprint density at radius 1 is 1.06 bits per heavy atom. The van der Waals surface area contributed by atoms with E-state index in [9.17, 15) is 9.59 Å². The van der Waals surface area contributed by atoms with Gasteiger partial charge in [-0.25, -0.2) is 4.68 Å². The van der Waals surface area contributed by atoms with Gasteiger partial charge in [-0.1, -0.05) is 71.6 Å². The quantitative estimate of drug-likeness (QED) is 0.461. The molecule has 6 heteroatoms. The van der Waals surface area contributed by atoms with Gasteiger partial charge in [-0.2, -0.15) is 5.10 Å². The number of likely N-dealkylation sites (N-methyl/N-ethyl adjacent to an activating group) is 1. The van der Waals surface area contributed by atoms with Crippen LogP contribution in [0.3, 0.4) is 0 Å². The standard InChI is InChI=1S/C26H40N4O2/c1-7-9-10-11-12-17-25(32)29(8-2)19-24(31)27-23-18-22(26(4,5)6)28-30(23)21-16-14-13-15-20(21)3/h13-16,18H,7-12,17,19H2,1-6H3,(H,27,31). The first-order valence-corrected chi connectivity index (χ1v) is 11.9. The summed E-state index contributed by atoms with van der Waals surface area (Å²) in [5, 5.41) is 7.79. The van der Waals surface area contributed by atoms with E-state index in [-0.39, 0.29) is 23.8 Å². The third kappa shape index (κ3) is 7.21. The fourth-order valence-corrected chi connectivity index (χ4v) is 3.59. The van der Waals surface area contributed by atoms with E-state index in [2.05, 4.69) is 33.0 Å². The minimum absolute atomic E-state index is 0.0435. The van der Waals surface area contributed by atoms with Crippen molar-refractivity contribution in [3.63, 3.8) is 0 Å². The zero-order valence-electron chi connectivity index (χ0n) is 20.7. The van der Waals surface area contributed by atoms with Gasteiger partial charge in [0.25, 0.3) is 0 Å². The van der Waals surface area contributed by atoms with Crippen LogP contribution in [0.25, 0.3) is 5.69 Å². The summed E-state index contributed by atoms with van der Waals surface area (Å²) in [6, 6.07) is 9.89. The summed E-state index contributed by atoms with van der Waals surface area (Å²) < 4.78 is 1.79. The van der Waals surface area contributed by atoms with Crippen molar-refractivity contribution in [3.05, 3.63) is 41.6 Å². The summed E-state index contributed by atoms with van der Waals surface area (Å²) in [6.45, 7) is 13.0. The van der Waals surface area contributed by atoms with E-state index >= 15 is 0 Å². The molecule has 2 rings (SSSR count). The molecule has 2 aromatic rings. The molecule has 1 N–H and O–H groups in total. The van der Waals surface area contributed by atoms with Crippen molar-refractivity contribution in [3.8, 4) is 5.69 Å². The monoisotopic (exact) mass is 440 g/mol. The molecule has 0 bridgehead atoms. The molecule has 0 saturated carbocycles. The normalized spacial score (nSPS) is 11.4. The van der Waals surface area contributed by atoms with E-state index in [1.54, 1.807) is 9.58 Å². The van der Waals surface area contributed by atoms with Crippen LogP contribution in [0.1, 0.15) is 84.4 Å². The van der Waals surface area contributed by atoms with Gasteiger partial charge in [0.05, 0.1) is 17.9 Å². The summed E-state index contributed by atoms with van der Waals surface area (Å²) in [4.78, 5) is 27.1. The number of carbonyl (C=O) groups excluding carboxylic acids is 2. The molecule has 0 spiro atoms. The fourth-order valence-electron chi connectivity index (χ4n) is 3.59. The number of amides is 2. The molecule has 0 aliphatic carbocycles. The molecular formula is C26H40N4O2. The Bertz CT molecular complexity index is 895. The molecule has 0 atom stereocenters. The van der Waals surface area contributed by atoms with Gasteiger partial charge in [0.2, 0.25) is 11.8 Å². The predicted molar refractivity (Wildman–Crippen MR) is 131 cm³/mol. The highest BCUT2D eigenvalue weighted by Gasteiger charge is 2.23. The number of nitrogens with zero attached hydrogens (tertiary/aromatic N) is 3. The highest BCUT2D eigenvalue weighted by Crippen LogP contribution is 2.27. The molecule has 0 fully saturated rings. The Balaban J connectivity index is 2.12. The van der Waals surface area contributed by atoms with Crippen LogP contribution in [0.4, 0.5) is 5.82 Å². The van der Waals surface area contributed by atoms with Gasteiger partial charge in [-0.3, -0.25) is 9.59 Å². The number of unbranched alkanes of at least 4 members (excludes halogenated alkanes) is 4. The van der Waals surface area contributed by atoms with Crippen LogP contribution in [0.2, 0.25) is 0 Å². The van der Waals surface area contributed by atoms with Crippen LogP contribution in [0, 0.1) is 6.92 Å². The molecule has 1 aromatic carbocycles. The molecular weight excluding hydrogens is 400 g/mol. The summed E-state index contributed by atoms with van der Waals surface area (Å²) in [6.07, 6.45) is 6.00. The second-order valence-electron chi connectivity index (χ2n) is 9.48. The first-order chi connectivity index (χ1) is 15.2. The number of hydrogen-bond donors (Lipinski definition) is 1. The Hall–Kier alpha value is -2.63. The average Bonchev–Trinajstić information content (AvgIpc) is 3.16. The number of para-hydroxylation sites is 1. The minimum atomic E-state index is -0.207. The summed E-state index contributed by atoms with van der Waals surface area (Å²) in [5.41, 5.74) is 2.73. The smallest absolute Gasteiger partial charge is 0.245 e. The van der Waals surface area contributed by atoms with E-state index in [1.807, 2.05) is 44.2 Å². The van der Waals surface area contributed by atoms with E-state index in [0.29, 0.717) is 18.8 Å². The highest BCUT2D eigenvalue weighted by molar-refractivity contribution is 5.94. The molecule has 6 nitrogen and oxygen atoms in total.